The van der Waals surface area contributed by atoms with Crippen LogP contribution in [0.1, 0.15) is 0 Å². The molecule has 0 saturated heterocycles. The first-order chi connectivity index (χ1) is 15.0. The second-order valence-electron chi connectivity index (χ2n) is 6.58. The Morgan fingerprint density at radius 1 is 1.10 bits per heavy atom. The van der Waals surface area contributed by atoms with E-state index in [0.29, 0.717) is 39.5 Å². The number of hydrogen-bond donors (Lipinski definition) is 3. The number of carbonyl (C=O) groups is 1. The Morgan fingerprint density at radius 2 is 1.94 bits per heavy atom. The molecule has 1 heterocycles. The van der Waals surface area contributed by atoms with E-state index in [9.17, 15) is 9.18 Å². The van der Waals surface area contributed by atoms with Gasteiger partial charge in [0.1, 0.15) is 23.7 Å². The van der Waals surface area contributed by atoms with Crippen molar-refractivity contribution in [1.29, 1.82) is 0 Å². The number of halogens is 2. The predicted molar refractivity (Wildman–Crippen MR) is 119 cm³/mol. The van der Waals surface area contributed by atoms with Gasteiger partial charge in [-0.2, -0.15) is 0 Å². The molecule has 0 aliphatic rings. The fraction of sp³-hybridized carbons (Fsp3) is 0.0455. The van der Waals surface area contributed by atoms with Crippen molar-refractivity contribution in [3.63, 3.8) is 0 Å². The van der Waals surface area contributed by atoms with Crippen molar-refractivity contribution in [2.45, 2.75) is 0 Å². The van der Waals surface area contributed by atoms with Crippen molar-refractivity contribution in [3.8, 4) is 5.75 Å². The van der Waals surface area contributed by atoms with Crippen LogP contribution in [0.2, 0.25) is 5.02 Å². The molecule has 0 radical (unpaired) electrons. The largest absolute Gasteiger partial charge is 0.484 e. The predicted octanol–water partition coefficient (Wildman–Crippen LogP) is 4.77. The zero-order chi connectivity index (χ0) is 21.8. The lowest BCUT2D eigenvalue weighted by molar-refractivity contribution is -0.118. The van der Waals surface area contributed by atoms with E-state index in [1.54, 1.807) is 48.5 Å². The highest BCUT2D eigenvalue weighted by atomic mass is 35.5. The van der Waals surface area contributed by atoms with E-state index in [-0.39, 0.29) is 17.5 Å². The van der Waals surface area contributed by atoms with Gasteiger partial charge in [-0.05, 0) is 48.5 Å². The van der Waals surface area contributed by atoms with Crippen LogP contribution < -0.4 is 21.1 Å². The van der Waals surface area contributed by atoms with Crippen LogP contribution in [0.15, 0.2) is 67.0 Å². The van der Waals surface area contributed by atoms with E-state index in [0.717, 1.165) is 0 Å². The van der Waals surface area contributed by atoms with Crippen molar-refractivity contribution in [3.05, 3.63) is 77.8 Å². The molecular weight excluding hydrogens is 421 g/mol. The van der Waals surface area contributed by atoms with E-state index >= 15 is 0 Å². The fourth-order valence-electron chi connectivity index (χ4n) is 2.88. The lowest BCUT2D eigenvalue weighted by Gasteiger charge is -2.11. The average molecular weight is 438 g/mol. The van der Waals surface area contributed by atoms with Crippen LogP contribution in [0, 0.1) is 5.82 Å². The number of para-hydroxylation sites is 2. The third kappa shape index (κ3) is 4.81. The number of hydrogen-bond acceptors (Lipinski definition) is 6. The minimum atomic E-state index is -0.508. The molecule has 31 heavy (non-hydrogen) atoms. The van der Waals surface area contributed by atoms with Crippen molar-refractivity contribution in [2.24, 2.45) is 0 Å². The van der Waals surface area contributed by atoms with Crippen molar-refractivity contribution in [2.75, 3.05) is 23.0 Å². The minimum absolute atomic E-state index is 0.00236. The van der Waals surface area contributed by atoms with Crippen LogP contribution in [0.4, 0.5) is 27.3 Å². The highest BCUT2D eigenvalue weighted by molar-refractivity contribution is 6.31. The molecule has 1 amide bonds. The first kappa shape index (κ1) is 20.4. The number of carbonyl (C=O) groups excluding carboxylic acids is 1. The SMILES string of the molecule is Nc1ccccc1NC(=O)COc1ccc2ncnc(Nc3ccc(F)c(Cl)c3)c2c1. The highest BCUT2D eigenvalue weighted by Gasteiger charge is 2.10. The van der Waals surface area contributed by atoms with Gasteiger partial charge in [-0.25, -0.2) is 14.4 Å². The van der Waals surface area contributed by atoms with Crippen LogP contribution >= 0.6 is 11.6 Å². The Bertz CT molecular complexity index is 1270. The molecule has 4 N–H and O–H groups in total. The van der Waals surface area contributed by atoms with Crippen molar-refractivity contribution in [1.82, 2.24) is 9.97 Å². The van der Waals surface area contributed by atoms with Gasteiger partial charge in [-0.3, -0.25) is 4.79 Å². The fourth-order valence-corrected chi connectivity index (χ4v) is 3.06. The summed E-state index contributed by atoms with van der Waals surface area (Å²) in [5.74, 6) is 0.0888. The van der Waals surface area contributed by atoms with E-state index in [2.05, 4.69) is 20.6 Å². The van der Waals surface area contributed by atoms with Gasteiger partial charge in [0.05, 0.1) is 21.9 Å². The van der Waals surface area contributed by atoms with Gasteiger partial charge >= 0.3 is 0 Å². The van der Waals surface area contributed by atoms with Crippen LogP contribution in [-0.2, 0) is 4.79 Å². The number of rotatable bonds is 6. The van der Waals surface area contributed by atoms with Gasteiger partial charge in [-0.1, -0.05) is 23.7 Å². The minimum Gasteiger partial charge on any atom is -0.484 e. The molecule has 156 valence electrons. The number of nitrogens with zero attached hydrogens (tertiary/aromatic N) is 2. The lowest BCUT2D eigenvalue weighted by atomic mass is 10.2. The van der Waals surface area contributed by atoms with E-state index in [4.69, 9.17) is 22.1 Å². The molecular formula is C22H17ClFN5O2. The molecule has 7 nitrogen and oxygen atoms in total. The summed E-state index contributed by atoms with van der Waals surface area (Å²) < 4.78 is 19.0. The van der Waals surface area contributed by atoms with Gasteiger partial charge in [0.2, 0.25) is 0 Å². The maximum Gasteiger partial charge on any atom is 0.262 e. The molecule has 0 fully saturated rings. The quantitative estimate of drug-likeness (QED) is 0.376. The van der Waals surface area contributed by atoms with Crippen molar-refractivity contribution < 1.29 is 13.9 Å². The zero-order valence-corrected chi connectivity index (χ0v) is 16.9. The number of fused-ring (bicyclic) bond motifs is 1. The van der Waals surface area contributed by atoms with Crippen LogP contribution in [0.25, 0.3) is 10.9 Å². The zero-order valence-electron chi connectivity index (χ0n) is 16.1. The van der Waals surface area contributed by atoms with Crippen LogP contribution in [-0.4, -0.2) is 22.5 Å². The van der Waals surface area contributed by atoms with Gasteiger partial charge in [-0.15, -0.1) is 0 Å². The summed E-state index contributed by atoms with van der Waals surface area (Å²) in [5, 5.41) is 6.46. The number of nitrogens with one attached hydrogen (secondary N) is 2. The lowest BCUT2D eigenvalue weighted by Crippen LogP contribution is -2.20. The second kappa shape index (κ2) is 8.85. The summed E-state index contributed by atoms with van der Waals surface area (Å²) in [6.45, 7) is -0.205. The molecule has 1 aromatic heterocycles. The molecule has 9 heteroatoms. The number of amides is 1. The van der Waals surface area contributed by atoms with Gasteiger partial charge in [0.15, 0.2) is 6.61 Å². The Morgan fingerprint density at radius 3 is 2.74 bits per heavy atom. The Kier molecular flexibility index (Phi) is 5.81. The first-order valence-corrected chi connectivity index (χ1v) is 9.61. The highest BCUT2D eigenvalue weighted by Crippen LogP contribution is 2.28. The number of nitrogen functional groups attached to an aromatic ring is 1. The van der Waals surface area contributed by atoms with E-state index in [1.165, 1.54) is 18.5 Å². The topological polar surface area (TPSA) is 102 Å². The Balaban J connectivity index is 1.50. The number of nitrogens with two attached hydrogens (primary N) is 1. The molecule has 3 aromatic carbocycles. The Hall–Kier alpha value is -3.91. The summed E-state index contributed by atoms with van der Waals surface area (Å²) in [6, 6.07) is 16.4. The standard InChI is InChI=1S/C22H17ClFN5O2/c23-16-9-13(5-7-17(16)24)28-22-15-10-14(6-8-19(15)26-12-27-22)31-11-21(30)29-20-4-2-1-3-18(20)25/h1-10,12H,11,25H2,(H,29,30)(H,26,27,28). The summed E-state index contributed by atoms with van der Waals surface area (Å²) in [4.78, 5) is 20.7. The molecule has 4 rings (SSSR count). The van der Waals surface area contributed by atoms with E-state index in [1.807, 2.05) is 0 Å². The molecule has 0 bridgehead atoms. The van der Waals surface area contributed by atoms with Gasteiger partial charge in [0, 0.05) is 11.1 Å². The molecule has 0 aliphatic heterocycles. The molecule has 0 spiro atoms. The normalized spacial score (nSPS) is 10.6. The third-order valence-electron chi connectivity index (χ3n) is 4.39. The van der Waals surface area contributed by atoms with Crippen molar-refractivity contribution >= 4 is 51.3 Å². The first-order valence-electron chi connectivity index (χ1n) is 9.23. The average Bonchev–Trinajstić information content (AvgIpc) is 2.77. The second-order valence-corrected chi connectivity index (χ2v) is 6.99. The molecule has 0 atom stereocenters. The molecule has 0 saturated carbocycles. The molecule has 0 aliphatic carbocycles. The monoisotopic (exact) mass is 437 g/mol. The maximum absolute atomic E-state index is 13.4. The Labute approximate surface area is 182 Å². The maximum atomic E-state index is 13.4. The van der Waals surface area contributed by atoms with Gasteiger partial charge in [0.25, 0.3) is 5.91 Å². The number of aromatic nitrogens is 2. The van der Waals surface area contributed by atoms with E-state index < -0.39 is 5.82 Å². The summed E-state index contributed by atoms with van der Waals surface area (Å²) in [6.07, 6.45) is 1.41. The number of anilines is 4. The summed E-state index contributed by atoms with van der Waals surface area (Å²) in [7, 11) is 0. The van der Waals surface area contributed by atoms with Gasteiger partial charge < -0.3 is 21.1 Å². The molecule has 4 aromatic rings. The summed E-state index contributed by atoms with van der Waals surface area (Å²) >= 11 is 5.85. The molecule has 0 unspecified atom stereocenters. The summed E-state index contributed by atoms with van der Waals surface area (Å²) in [5.41, 5.74) is 8.05. The number of benzene rings is 3. The van der Waals surface area contributed by atoms with Crippen LogP contribution in [0.3, 0.4) is 0 Å². The van der Waals surface area contributed by atoms with Crippen LogP contribution in [0.5, 0.6) is 5.75 Å². The smallest absolute Gasteiger partial charge is 0.262 e. The third-order valence-corrected chi connectivity index (χ3v) is 4.68. The number of ether oxygens (including phenoxy) is 1.